The molecular weight excluding hydrogens is 308 g/mol. The number of nitriles is 1. The van der Waals surface area contributed by atoms with Crippen LogP contribution in [0, 0.1) is 18.3 Å². The fourth-order valence-electron chi connectivity index (χ4n) is 2.22. The van der Waals surface area contributed by atoms with Gasteiger partial charge in [-0.25, -0.2) is 4.98 Å². The van der Waals surface area contributed by atoms with Gasteiger partial charge in [0, 0.05) is 5.69 Å². The van der Waals surface area contributed by atoms with Crippen LogP contribution >= 0.6 is 11.3 Å². The van der Waals surface area contributed by atoms with E-state index in [0.29, 0.717) is 11.3 Å². The van der Waals surface area contributed by atoms with Crippen molar-refractivity contribution in [3.05, 3.63) is 53.0 Å². The molecule has 0 aliphatic carbocycles. The third-order valence-electron chi connectivity index (χ3n) is 3.27. The summed E-state index contributed by atoms with van der Waals surface area (Å²) < 4.78 is 1.09. The minimum absolute atomic E-state index is 0.128. The van der Waals surface area contributed by atoms with Crippen LogP contribution in [-0.4, -0.2) is 17.4 Å². The zero-order valence-corrected chi connectivity index (χ0v) is 13.3. The molecule has 2 N–H and O–H groups in total. The standard InChI is InChI=1S/C17H14N4OS/c1-11-20-15-7-6-13(8-16(15)23-11)19-10-17(22)21-14-5-3-2-4-12(14)9-18/h2-8,19H,10H2,1H3,(H,21,22). The van der Waals surface area contributed by atoms with Gasteiger partial charge >= 0.3 is 0 Å². The number of hydrogen-bond acceptors (Lipinski definition) is 5. The quantitative estimate of drug-likeness (QED) is 0.770. The van der Waals surface area contributed by atoms with E-state index >= 15 is 0 Å². The van der Waals surface area contributed by atoms with Gasteiger partial charge in [-0.2, -0.15) is 5.26 Å². The Bertz CT molecular complexity index is 910. The van der Waals surface area contributed by atoms with Gasteiger partial charge in [0.05, 0.1) is 33.0 Å². The maximum atomic E-state index is 12.0. The van der Waals surface area contributed by atoms with Crippen molar-refractivity contribution in [2.24, 2.45) is 0 Å². The van der Waals surface area contributed by atoms with E-state index in [2.05, 4.69) is 21.7 Å². The number of carbonyl (C=O) groups excluding carboxylic acids is 1. The minimum atomic E-state index is -0.201. The normalized spacial score (nSPS) is 10.3. The molecule has 0 unspecified atom stereocenters. The van der Waals surface area contributed by atoms with E-state index in [1.807, 2.05) is 25.1 Å². The maximum Gasteiger partial charge on any atom is 0.243 e. The van der Waals surface area contributed by atoms with Crippen LogP contribution in [-0.2, 0) is 4.79 Å². The second-order valence-electron chi connectivity index (χ2n) is 4.97. The summed E-state index contributed by atoms with van der Waals surface area (Å²) >= 11 is 1.62. The van der Waals surface area contributed by atoms with Crippen molar-refractivity contribution < 1.29 is 4.79 Å². The number of fused-ring (bicyclic) bond motifs is 1. The van der Waals surface area contributed by atoms with E-state index in [1.54, 1.807) is 35.6 Å². The summed E-state index contributed by atoms with van der Waals surface area (Å²) in [6.07, 6.45) is 0. The predicted molar refractivity (Wildman–Crippen MR) is 92.6 cm³/mol. The van der Waals surface area contributed by atoms with Gasteiger partial charge in [0.1, 0.15) is 6.07 Å². The van der Waals surface area contributed by atoms with E-state index in [1.165, 1.54) is 0 Å². The lowest BCUT2D eigenvalue weighted by Gasteiger charge is -2.08. The zero-order valence-electron chi connectivity index (χ0n) is 12.5. The molecule has 1 amide bonds. The van der Waals surface area contributed by atoms with Crippen LogP contribution in [0.2, 0.25) is 0 Å². The molecule has 0 radical (unpaired) electrons. The highest BCUT2D eigenvalue weighted by Gasteiger charge is 2.07. The van der Waals surface area contributed by atoms with Crippen LogP contribution in [0.3, 0.4) is 0 Å². The summed E-state index contributed by atoms with van der Waals surface area (Å²) in [5.41, 5.74) is 2.80. The first-order chi connectivity index (χ1) is 11.2. The SMILES string of the molecule is Cc1nc2ccc(NCC(=O)Nc3ccccc3C#N)cc2s1. The van der Waals surface area contributed by atoms with Crippen LogP contribution in [0.15, 0.2) is 42.5 Å². The molecule has 6 heteroatoms. The topological polar surface area (TPSA) is 77.8 Å². The molecule has 0 atom stereocenters. The fourth-order valence-corrected chi connectivity index (χ4v) is 3.08. The molecule has 3 aromatic rings. The lowest BCUT2D eigenvalue weighted by molar-refractivity contribution is -0.114. The number of aromatic nitrogens is 1. The Hall–Kier alpha value is -2.91. The average Bonchev–Trinajstić information content (AvgIpc) is 2.92. The van der Waals surface area contributed by atoms with Crippen molar-refractivity contribution >= 4 is 38.8 Å². The first-order valence-corrected chi connectivity index (χ1v) is 7.87. The Morgan fingerprint density at radius 1 is 1.30 bits per heavy atom. The molecule has 0 aliphatic heterocycles. The maximum absolute atomic E-state index is 12.0. The Kier molecular flexibility index (Phi) is 4.22. The van der Waals surface area contributed by atoms with E-state index in [4.69, 9.17) is 5.26 Å². The fraction of sp³-hybridized carbons (Fsp3) is 0.118. The van der Waals surface area contributed by atoms with Crippen molar-refractivity contribution in [2.75, 3.05) is 17.2 Å². The first-order valence-electron chi connectivity index (χ1n) is 7.06. The molecule has 5 nitrogen and oxygen atoms in total. The van der Waals surface area contributed by atoms with E-state index in [-0.39, 0.29) is 12.5 Å². The number of para-hydroxylation sites is 1. The molecule has 0 aliphatic rings. The summed E-state index contributed by atoms with van der Waals surface area (Å²) in [4.78, 5) is 16.4. The van der Waals surface area contributed by atoms with Crippen molar-refractivity contribution in [2.45, 2.75) is 6.92 Å². The van der Waals surface area contributed by atoms with Gasteiger partial charge in [-0.1, -0.05) is 12.1 Å². The predicted octanol–water partition coefficient (Wildman–Crippen LogP) is 3.53. The molecule has 0 spiro atoms. The number of aryl methyl sites for hydroxylation is 1. The molecule has 114 valence electrons. The van der Waals surface area contributed by atoms with Crippen LogP contribution < -0.4 is 10.6 Å². The number of benzene rings is 2. The number of rotatable bonds is 4. The minimum Gasteiger partial charge on any atom is -0.376 e. The Morgan fingerprint density at radius 3 is 2.96 bits per heavy atom. The van der Waals surface area contributed by atoms with Crippen molar-refractivity contribution in [3.8, 4) is 6.07 Å². The Morgan fingerprint density at radius 2 is 2.13 bits per heavy atom. The van der Waals surface area contributed by atoms with Gasteiger partial charge in [-0.05, 0) is 37.3 Å². The Balaban J connectivity index is 1.65. The van der Waals surface area contributed by atoms with Crippen molar-refractivity contribution in [3.63, 3.8) is 0 Å². The third-order valence-corrected chi connectivity index (χ3v) is 4.20. The van der Waals surface area contributed by atoms with Crippen LogP contribution in [0.1, 0.15) is 10.6 Å². The largest absolute Gasteiger partial charge is 0.376 e. The Labute approximate surface area is 137 Å². The molecule has 0 bridgehead atoms. The second-order valence-corrected chi connectivity index (χ2v) is 6.21. The monoisotopic (exact) mass is 322 g/mol. The van der Waals surface area contributed by atoms with Gasteiger partial charge in [-0.15, -0.1) is 11.3 Å². The number of anilines is 2. The summed E-state index contributed by atoms with van der Waals surface area (Å²) in [6, 6.07) is 14.8. The third kappa shape index (κ3) is 3.47. The lowest BCUT2D eigenvalue weighted by atomic mass is 10.2. The first kappa shape index (κ1) is 15.0. The molecule has 1 aromatic heterocycles. The van der Waals surface area contributed by atoms with E-state index < -0.39 is 0 Å². The van der Waals surface area contributed by atoms with Crippen LogP contribution in [0.4, 0.5) is 11.4 Å². The summed E-state index contributed by atoms with van der Waals surface area (Å²) in [7, 11) is 0. The zero-order chi connectivity index (χ0) is 16.2. The highest BCUT2D eigenvalue weighted by molar-refractivity contribution is 7.18. The summed E-state index contributed by atoms with van der Waals surface area (Å²) in [5, 5.41) is 15.9. The molecule has 2 aromatic carbocycles. The number of nitrogens with one attached hydrogen (secondary N) is 2. The highest BCUT2D eigenvalue weighted by atomic mass is 32.1. The summed E-state index contributed by atoms with van der Waals surface area (Å²) in [5.74, 6) is -0.201. The highest BCUT2D eigenvalue weighted by Crippen LogP contribution is 2.24. The lowest BCUT2D eigenvalue weighted by Crippen LogP contribution is -2.22. The molecule has 0 saturated carbocycles. The number of carbonyl (C=O) groups is 1. The van der Waals surface area contributed by atoms with Crippen molar-refractivity contribution in [1.29, 1.82) is 5.26 Å². The smallest absolute Gasteiger partial charge is 0.243 e. The molecule has 23 heavy (non-hydrogen) atoms. The molecular formula is C17H14N4OS. The average molecular weight is 322 g/mol. The van der Waals surface area contributed by atoms with E-state index in [9.17, 15) is 4.79 Å². The van der Waals surface area contributed by atoms with Crippen LogP contribution in [0.25, 0.3) is 10.2 Å². The van der Waals surface area contributed by atoms with Gasteiger partial charge in [0.25, 0.3) is 0 Å². The number of nitrogens with zero attached hydrogens (tertiary/aromatic N) is 2. The molecule has 1 heterocycles. The number of amides is 1. The number of hydrogen-bond donors (Lipinski definition) is 2. The van der Waals surface area contributed by atoms with Gasteiger partial charge in [0.15, 0.2) is 0 Å². The van der Waals surface area contributed by atoms with Crippen molar-refractivity contribution in [1.82, 2.24) is 4.98 Å². The molecule has 0 fully saturated rings. The number of thiazole rings is 1. The van der Waals surface area contributed by atoms with Crippen LogP contribution in [0.5, 0.6) is 0 Å². The molecule has 3 rings (SSSR count). The summed E-state index contributed by atoms with van der Waals surface area (Å²) in [6.45, 7) is 2.10. The van der Waals surface area contributed by atoms with E-state index in [0.717, 1.165) is 20.9 Å². The second kappa shape index (κ2) is 6.46. The van der Waals surface area contributed by atoms with Gasteiger partial charge in [-0.3, -0.25) is 4.79 Å². The molecule has 0 saturated heterocycles. The van der Waals surface area contributed by atoms with Gasteiger partial charge < -0.3 is 10.6 Å². The van der Waals surface area contributed by atoms with Gasteiger partial charge in [0.2, 0.25) is 5.91 Å².